The lowest BCUT2D eigenvalue weighted by atomic mass is 9.86. The second kappa shape index (κ2) is 5.23. The Balaban J connectivity index is 2.02. The Kier molecular flexibility index (Phi) is 3.43. The van der Waals surface area contributed by atoms with Crippen LogP contribution in [0.5, 0.6) is 0 Å². The van der Waals surface area contributed by atoms with Crippen LogP contribution < -0.4 is 5.32 Å². The van der Waals surface area contributed by atoms with Crippen LogP contribution in [0.3, 0.4) is 0 Å². The van der Waals surface area contributed by atoms with Crippen LogP contribution >= 0.6 is 0 Å². The minimum absolute atomic E-state index is 0.168. The lowest BCUT2D eigenvalue weighted by Gasteiger charge is -2.22. The Hall–Kier alpha value is -1.90. The van der Waals surface area contributed by atoms with E-state index in [0.29, 0.717) is 12.3 Å². The van der Waals surface area contributed by atoms with Crippen molar-refractivity contribution in [3.63, 3.8) is 0 Å². The summed E-state index contributed by atoms with van der Waals surface area (Å²) in [5, 5.41) is 4.31. The number of nitrogens with one attached hydrogen (secondary N) is 1. The SMILES string of the molecule is CC(C)CC1NC(=O)CC1c1ccnc2ccccc12. The van der Waals surface area contributed by atoms with E-state index < -0.39 is 0 Å². The van der Waals surface area contributed by atoms with Crippen molar-refractivity contribution in [3.05, 3.63) is 42.1 Å². The molecule has 1 N–H and O–H groups in total. The van der Waals surface area contributed by atoms with Gasteiger partial charge in [0.2, 0.25) is 5.91 Å². The molecule has 20 heavy (non-hydrogen) atoms. The summed E-state index contributed by atoms with van der Waals surface area (Å²) in [7, 11) is 0. The van der Waals surface area contributed by atoms with Crippen LogP contribution in [-0.4, -0.2) is 16.9 Å². The highest BCUT2D eigenvalue weighted by Gasteiger charge is 2.34. The van der Waals surface area contributed by atoms with Gasteiger partial charge < -0.3 is 5.32 Å². The highest BCUT2D eigenvalue weighted by molar-refractivity contribution is 5.86. The Labute approximate surface area is 119 Å². The van der Waals surface area contributed by atoms with Crippen molar-refractivity contribution < 1.29 is 4.79 Å². The molecular weight excluding hydrogens is 248 g/mol. The summed E-state index contributed by atoms with van der Waals surface area (Å²) in [6.07, 6.45) is 3.46. The Morgan fingerprint density at radius 2 is 2.10 bits per heavy atom. The monoisotopic (exact) mass is 268 g/mol. The predicted octanol–water partition coefficient (Wildman–Crippen LogP) is 3.25. The van der Waals surface area contributed by atoms with E-state index in [0.717, 1.165) is 11.9 Å². The zero-order chi connectivity index (χ0) is 14.1. The van der Waals surface area contributed by atoms with E-state index in [9.17, 15) is 4.79 Å². The summed E-state index contributed by atoms with van der Waals surface area (Å²) in [5.41, 5.74) is 2.26. The van der Waals surface area contributed by atoms with Gasteiger partial charge in [0.05, 0.1) is 5.52 Å². The van der Waals surface area contributed by atoms with Crippen molar-refractivity contribution in [1.29, 1.82) is 0 Å². The minimum atomic E-state index is 0.168. The van der Waals surface area contributed by atoms with E-state index in [4.69, 9.17) is 0 Å². The molecule has 1 fully saturated rings. The molecule has 2 aromatic rings. The molecule has 0 saturated carbocycles. The number of carbonyl (C=O) groups is 1. The number of aromatic nitrogens is 1. The summed E-state index contributed by atoms with van der Waals surface area (Å²) in [4.78, 5) is 16.2. The second-order valence-electron chi connectivity index (χ2n) is 6.03. The molecule has 2 atom stereocenters. The zero-order valence-electron chi connectivity index (χ0n) is 12.0. The van der Waals surface area contributed by atoms with Crippen molar-refractivity contribution in [3.8, 4) is 0 Å². The number of hydrogen-bond acceptors (Lipinski definition) is 2. The molecule has 0 aliphatic carbocycles. The van der Waals surface area contributed by atoms with E-state index in [1.807, 2.05) is 24.4 Å². The highest BCUT2D eigenvalue weighted by Crippen LogP contribution is 2.35. The van der Waals surface area contributed by atoms with Gasteiger partial charge in [-0.05, 0) is 30.0 Å². The van der Waals surface area contributed by atoms with Crippen LogP contribution in [0, 0.1) is 5.92 Å². The molecule has 104 valence electrons. The van der Waals surface area contributed by atoms with Gasteiger partial charge in [-0.15, -0.1) is 0 Å². The zero-order valence-corrected chi connectivity index (χ0v) is 12.0. The lowest BCUT2D eigenvalue weighted by Crippen LogP contribution is -2.29. The van der Waals surface area contributed by atoms with Crippen LogP contribution in [0.1, 0.15) is 38.2 Å². The minimum Gasteiger partial charge on any atom is -0.353 e. The van der Waals surface area contributed by atoms with Gasteiger partial charge >= 0.3 is 0 Å². The topological polar surface area (TPSA) is 42.0 Å². The van der Waals surface area contributed by atoms with E-state index in [1.54, 1.807) is 0 Å². The van der Waals surface area contributed by atoms with E-state index in [-0.39, 0.29) is 17.9 Å². The summed E-state index contributed by atoms with van der Waals surface area (Å²) in [5.74, 6) is 1.01. The van der Waals surface area contributed by atoms with Gasteiger partial charge in [-0.2, -0.15) is 0 Å². The number of fused-ring (bicyclic) bond motifs is 1. The number of amides is 1. The van der Waals surface area contributed by atoms with Crippen molar-refractivity contribution in [2.75, 3.05) is 0 Å². The number of hydrogen-bond donors (Lipinski definition) is 1. The average Bonchev–Trinajstić information content (AvgIpc) is 2.78. The molecule has 3 rings (SSSR count). The molecule has 1 aromatic heterocycles. The maximum Gasteiger partial charge on any atom is 0.220 e. The van der Waals surface area contributed by atoms with Crippen LogP contribution in [0.2, 0.25) is 0 Å². The third-order valence-corrected chi connectivity index (χ3v) is 4.04. The number of carbonyl (C=O) groups excluding carboxylic acids is 1. The second-order valence-corrected chi connectivity index (χ2v) is 6.03. The first-order valence-electron chi connectivity index (χ1n) is 7.28. The molecule has 0 spiro atoms. The van der Waals surface area contributed by atoms with E-state index in [1.165, 1.54) is 10.9 Å². The average molecular weight is 268 g/mol. The molecular formula is C17H20N2O. The third-order valence-electron chi connectivity index (χ3n) is 4.04. The fourth-order valence-electron chi connectivity index (χ4n) is 3.21. The molecule has 1 aliphatic heterocycles. The molecule has 0 bridgehead atoms. The highest BCUT2D eigenvalue weighted by atomic mass is 16.2. The number of nitrogens with zero attached hydrogens (tertiary/aromatic N) is 1. The normalized spacial score (nSPS) is 22.4. The molecule has 1 saturated heterocycles. The first kappa shape index (κ1) is 13.1. The predicted molar refractivity (Wildman–Crippen MR) is 80.5 cm³/mol. The first-order chi connectivity index (χ1) is 9.65. The molecule has 0 radical (unpaired) electrons. The summed E-state index contributed by atoms with van der Waals surface area (Å²) in [6, 6.07) is 10.5. The van der Waals surface area contributed by atoms with Crippen molar-refractivity contribution >= 4 is 16.8 Å². The maximum atomic E-state index is 11.8. The van der Waals surface area contributed by atoms with Crippen molar-refractivity contribution in [2.45, 2.75) is 38.6 Å². The molecule has 2 unspecified atom stereocenters. The standard InChI is InChI=1S/C17H20N2O/c1-11(2)9-16-14(10-17(20)19-16)12-7-8-18-15-6-4-3-5-13(12)15/h3-8,11,14,16H,9-10H2,1-2H3,(H,19,20). The van der Waals surface area contributed by atoms with Crippen molar-refractivity contribution in [1.82, 2.24) is 10.3 Å². The smallest absolute Gasteiger partial charge is 0.220 e. The number of rotatable bonds is 3. The van der Waals surface area contributed by atoms with E-state index in [2.05, 4.69) is 36.3 Å². The number of pyridine rings is 1. The molecule has 2 heterocycles. The van der Waals surface area contributed by atoms with E-state index >= 15 is 0 Å². The van der Waals surface area contributed by atoms with Gasteiger partial charge in [0.25, 0.3) is 0 Å². The summed E-state index contributed by atoms with van der Waals surface area (Å²) < 4.78 is 0. The number of benzene rings is 1. The van der Waals surface area contributed by atoms with Crippen LogP contribution in [0.25, 0.3) is 10.9 Å². The van der Waals surface area contributed by atoms with Gasteiger partial charge in [-0.25, -0.2) is 0 Å². The maximum absolute atomic E-state index is 11.8. The number of para-hydroxylation sites is 1. The lowest BCUT2D eigenvalue weighted by molar-refractivity contribution is -0.119. The van der Waals surface area contributed by atoms with Gasteiger partial charge in [0.1, 0.15) is 0 Å². The van der Waals surface area contributed by atoms with Gasteiger partial charge in [0.15, 0.2) is 0 Å². The Morgan fingerprint density at radius 3 is 2.90 bits per heavy atom. The van der Waals surface area contributed by atoms with Crippen LogP contribution in [0.15, 0.2) is 36.5 Å². The first-order valence-corrected chi connectivity index (χ1v) is 7.28. The molecule has 3 nitrogen and oxygen atoms in total. The Bertz CT molecular complexity index is 630. The third kappa shape index (κ3) is 2.40. The van der Waals surface area contributed by atoms with Gasteiger partial charge in [-0.3, -0.25) is 9.78 Å². The molecule has 3 heteroatoms. The fraction of sp³-hybridized carbons (Fsp3) is 0.412. The van der Waals surface area contributed by atoms with Crippen LogP contribution in [0.4, 0.5) is 0 Å². The van der Waals surface area contributed by atoms with Gasteiger partial charge in [-0.1, -0.05) is 32.0 Å². The Morgan fingerprint density at radius 1 is 1.30 bits per heavy atom. The largest absolute Gasteiger partial charge is 0.353 e. The summed E-state index contributed by atoms with van der Waals surface area (Å²) >= 11 is 0. The fourth-order valence-corrected chi connectivity index (χ4v) is 3.21. The van der Waals surface area contributed by atoms with Crippen LogP contribution in [-0.2, 0) is 4.79 Å². The molecule has 1 aromatic carbocycles. The summed E-state index contributed by atoms with van der Waals surface area (Å²) in [6.45, 7) is 4.40. The quantitative estimate of drug-likeness (QED) is 0.928. The van der Waals surface area contributed by atoms with Gasteiger partial charge in [0, 0.05) is 30.0 Å². The molecule has 1 aliphatic rings. The van der Waals surface area contributed by atoms with Crippen molar-refractivity contribution in [2.24, 2.45) is 5.92 Å². The molecule has 1 amide bonds.